The van der Waals surface area contributed by atoms with Crippen LogP contribution in [0.4, 0.5) is 0 Å². The highest BCUT2D eigenvalue weighted by Gasteiger charge is 2.34. The van der Waals surface area contributed by atoms with E-state index in [-0.39, 0.29) is 5.96 Å². The van der Waals surface area contributed by atoms with Crippen LogP contribution in [0.3, 0.4) is 0 Å². The Morgan fingerprint density at radius 3 is 2.14 bits per heavy atom. The minimum Gasteiger partial charge on any atom is -0.389 e. The molecule has 80 valence electrons. The molecule has 14 heavy (non-hydrogen) atoms. The fourth-order valence-corrected chi connectivity index (χ4v) is 0.465. The van der Waals surface area contributed by atoms with Crippen LogP contribution in [0.25, 0.3) is 0 Å². The van der Waals surface area contributed by atoms with Crippen molar-refractivity contribution in [3.63, 3.8) is 0 Å². The minimum absolute atomic E-state index is 0.316. The van der Waals surface area contributed by atoms with Crippen molar-refractivity contribution >= 4 is 52.7 Å². The van der Waals surface area contributed by atoms with E-state index in [1.807, 2.05) is 0 Å². The van der Waals surface area contributed by atoms with Crippen LogP contribution in [0.5, 0.6) is 0 Å². The van der Waals surface area contributed by atoms with Crippen LogP contribution in [0.2, 0.25) is 0 Å². The molecular formula is C5H6Cl3N3O3. The normalized spacial score (nSPS) is 10.5. The lowest BCUT2D eigenvalue weighted by Crippen LogP contribution is -2.28. The smallest absolute Gasteiger partial charge is 0.366 e. The minimum atomic E-state index is -2.30. The standard InChI is InChI=1S/C5H6Cl3N3O3/c6-5(7,8)3(13)14-2(12)1-11-4(9)10/h1H2,(H4,9,10,11). The predicted molar refractivity (Wildman–Crippen MR) is 52.1 cm³/mol. The van der Waals surface area contributed by atoms with Gasteiger partial charge >= 0.3 is 11.9 Å². The summed E-state index contributed by atoms with van der Waals surface area (Å²) < 4.78 is 1.78. The van der Waals surface area contributed by atoms with Crippen molar-refractivity contribution in [1.82, 2.24) is 0 Å². The van der Waals surface area contributed by atoms with Crippen LogP contribution in [0, 0.1) is 0 Å². The van der Waals surface area contributed by atoms with E-state index in [0.717, 1.165) is 0 Å². The van der Waals surface area contributed by atoms with E-state index in [0.29, 0.717) is 0 Å². The fourth-order valence-electron chi connectivity index (χ4n) is 0.349. The van der Waals surface area contributed by atoms with E-state index in [1.54, 1.807) is 0 Å². The van der Waals surface area contributed by atoms with E-state index in [2.05, 4.69) is 9.73 Å². The van der Waals surface area contributed by atoms with Gasteiger partial charge in [0.05, 0.1) is 0 Å². The van der Waals surface area contributed by atoms with E-state index < -0.39 is 22.3 Å². The van der Waals surface area contributed by atoms with E-state index in [9.17, 15) is 9.59 Å². The lowest BCUT2D eigenvalue weighted by molar-refractivity contribution is -0.157. The summed E-state index contributed by atoms with van der Waals surface area (Å²) in [5.74, 6) is -2.64. The highest BCUT2D eigenvalue weighted by atomic mass is 35.6. The Labute approximate surface area is 94.1 Å². The summed E-state index contributed by atoms with van der Waals surface area (Å²) in [4.78, 5) is 24.8. The molecule has 0 aliphatic rings. The van der Waals surface area contributed by atoms with Crippen LogP contribution in [-0.4, -0.2) is 28.2 Å². The topological polar surface area (TPSA) is 108 Å². The van der Waals surface area contributed by atoms with Crippen LogP contribution in [0.15, 0.2) is 4.99 Å². The zero-order valence-electron chi connectivity index (χ0n) is 6.67. The van der Waals surface area contributed by atoms with Crippen molar-refractivity contribution in [3.8, 4) is 0 Å². The fraction of sp³-hybridized carbons (Fsp3) is 0.400. The monoisotopic (exact) mass is 261 g/mol. The van der Waals surface area contributed by atoms with Crippen molar-refractivity contribution < 1.29 is 14.3 Å². The predicted octanol–water partition coefficient (Wildman–Crippen LogP) is -0.300. The van der Waals surface area contributed by atoms with Gasteiger partial charge < -0.3 is 16.2 Å². The molecule has 0 aromatic heterocycles. The molecule has 0 aliphatic carbocycles. The van der Waals surface area contributed by atoms with Crippen molar-refractivity contribution in [2.45, 2.75) is 3.79 Å². The molecule has 0 aliphatic heterocycles. The highest BCUT2D eigenvalue weighted by Crippen LogP contribution is 2.27. The van der Waals surface area contributed by atoms with Gasteiger partial charge in [-0.2, -0.15) is 0 Å². The zero-order valence-corrected chi connectivity index (χ0v) is 8.94. The zero-order chi connectivity index (χ0) is 11.4. The molecule has 0 radical (unpaired) electrons. The average Bonchev–Trinajstić information content (AvgIpc) is 1.99. The van der Waals surface area contributed by atoms with Gasteiger partial charge in [-0.15, -0.1) is 0 Å². The molecule has 0 heterocycles. The second-order valence-electron chi connectivity index (χ2n) is 2.00. The number of carbonyl (C=O) groups is 2. The molecule has 0 unspecified atom stereocenters. The molecule has 0 saturated heterocycles. The Hall–Kier alpha value is -0.720. The van der Waals surface area contributed by atoms with Gasteiger partial charge in [0.1, 0.15) is 6.54 Å². The van der Waals surface area contributed by atoms with Crippen molar-refractivity contribution in [3.05, 3.63) is 0 Å². The first-order valence-corrected chi connectivity index (χ1v) is 4.24. The molecule has 6 nitrogen and oxygen atoms in total. The van der Waals surface area contributed by atoms with Crippen LogP contribution < -0.4 is 11.5 Å². The Morgan fingerprint density at radius 2 is 1.79 bits per heavy atom. The molecule has 0 atom stereocenters. The first-order chi connectivity index (χ1) is 6.23. The lowest BCUT2D eigenvalue weighted by atomic mass is 10.6. The maximum Gasteiger partial charge on any atom is 0.366 e. The van der Waals surface area contributed by atoms with Gasteiger partial charge in [0.2, 0.25) is 0 Å². The molecule has 0 bridgehead atoms. The molecule has 0 rings (SSSR count). The number of alkyl halides is 3. The largest absolute Gasteiger partial charge is 0.389 e. The molecule has 4 N–H and O–H groups in total. The third-order valence-corrected chi connectivity index (χ3v) is 1.29. The number of hydrogen-bond donors (Lipinski definition) is 2. The number of guanidine groups is 1. The summed E-state index contributed by atoms with van der Waals surface area (Å²) in [6.45, 7) is -0.519. The Morgan fingerprint density at radius 1 is 1.29 bits per heavy atom. The van der Waals surface area contributed by atoms with Gasteiger partial charge in [-0.1, -0.05) is 34.8 Å². The molecule has 0 aromatic rings. The highest BCUT2D eigenvalue weighted by molar-refractivity contribution is 6.75. The van der Waals surface area contributed by atoms with Crippen molar-refractivity contribution in [1.29, 1.82) is 0 Å². The summed E-state index contributed by atoms with van der Waals surface area (Å²) >= 11 is 15.3. The number of hydrogen-bond acceptors (Lipinski definition) is 4. The number of halogens is 3. The lowest BCUT2D eigenvalue weighted by Gasteiger charge is -2.07. The summed E-state index contributed by atoms with van der Waals surface area (Å²) in [5, 5.41) is 0. The third-order valence-electron chi connectivity index (χ3n) is 0.829. The molecule has 0 saturated carbocycles. The first-order valence-electron chi connectivity index (χ1n) is 3.10. The van der Waals surface area contributed by atoms with Gasteiger partial charge in [-0.3, -0.25) is 0 Å². The van der Waals surface area contributed by atoms with Crippen molar-refractivity contribution in [2.24, 2.45) is 16.5 Å². The molecule has 0 aromatic carbocycles. The quantitative estimate of drug-likeness (QED) is 0.233. The maximum absolute atomic E-state index is 10.8. The third kappa shape index (κ3) is 5.85. The second-order valence-corrected chi connectivity index (χ2v) is 4.28. The van der Waals surface area contributed by atoms with E-state index >= 15 is 0 Å². The molecular weight excluding hydrogens is 256 g/mol. The number of nitrogens with zero attached hydrogens (tertiary/aromatic N) is 1. The number of esters is 2. The number of nitrogens with two attached hydrogens (primary N) is 2. The van der Waals surface area contributed by atoms with Crippen molar-refractivity contribution in [2.75, 3.05) is 6.54 Å². The molecule has 0 fully saturated rings. The molecule has 0 spiro atoms. The summed E-state index contributed by atoms with van der Waals surface area (Å²) in [6.07, 6.45) is 0. The maximum atomic E-state index is 10.8. The second kappa shape index (κ2) is 5.23. The average molecular weight is 262 g/mol. The van der Waals surface area contributed by atoms with Gasteiger partial charge in [0.15, 0.2) is 5.96 Å². The number of rotatable bonds is 2. The number of ether oxygens (including phenoxy) is 1. The van der Waals surface area contributed by atoms with Gasteiger partial charge in [0.25, 0.3) is 3.79 Å². The van der Waals surface area contributed by atoms with Gasteiger partial charge in [-0.05, 0) is 0 Å². The first kappa shape index (κ1) is 13.3. The molecule has 9 heteroatoms. The van der Waals surface area contributed by atoms with Gasteiger partial charge in [0, 0.05) is 0 Å². The Bertz CT molecular complexity index is 269. The van der Waals surface area contributed by atoms with Crippen LogP contribution in [0.1, 0.15) is 0 Å². The van der Waals surface area contributed by atoms with E-state index in [1.165, 1.54) is 0 Å². The number of aliphatic imine (C=N–C) groups is 1. The molecule has 0 amide bonds. The summed E-state index contributed by atoms with van der Waals surface area (Å²) in [7, 11) is 0. The van der Waals surface area contributed by atoms with E-state index in [4.69, 9.17) is 46.3 Å². The Balaban J connectivity index is 4.09. The van der Waals surface area contributed by atoms with Crippen LogP contribution in [-0.2, 0) is 14.3 Å². The van der Waals surface area contributed by atoms with Gasteiger partial charge in [-0.25, -0.2) is 14.6 Å². The summed E-state index contributed by atoms with van der Waals surface area (Å²) in [6, 6.07) is 0. The summed E-state index contributed by atoms with van der Waals surface area (Å²) in [5.41, 5.74) is 9.83. The SMILES string of the molecule is NC(N)=NCC(=O)OC(=O)C(Cl)(Cl)Cl. The van der Waals surface area contributed by atoms with Crippen LogP contribution >= 0.6 is 34.8 Å². The Kier molecular flexibility index (Phi) is 4.96. The number of carbonyl (C=O) groups excluding carboxylic acids is 2.